The van der Waals surface area contributed by atoms with Gasteiger partial charge < -0.3 is 9.88 Å². The van der Waals surface area contributed by atoms with Crippen molar-refractivity contribution in [2.45, 2.75) is 37.6 Å². The van der Waals surface area contributed by atoms with Gasteiger partial charge in [0, 0.05) is 32.1 Å². The quantitative estimate of drug-likeness (QED) is 0.573. The fraction of sp³-hybridized carbons (Fsp3) is 0.391. The highest BCUT2D eigenvalue weighted by Gasteiger charge is 2.31. The third-order valence-electron chi connectivity index (χ3n) is 5.91. The molecule has 4 rings (SSSR count). The molecule has 0 aliphatic carbocycles. The minimum Gasteiger partial charge on any atom is -0.356 e. The first-order valence-corrected chi connectivity index (χ1v) is 12.2. The van der Waals surface area contributed by atoms with E-state index in [1.54, 1.807) is 30.3 Å². The summed E-state index contributed by atoms with van der Waals surface area (Å²) >= 11 is 0. The number of aryl methyl sites for hydroxylation is 2. The van der Waals surface area contributed by atoms with Gasteiger partial charge in [-0.2, -0.15) is 4.31 Å². The molecule has 0 saturated carbocycles. The average molecular weight is 441 g/mol. The van der Waals surface area contributed by atoms with Crippen molar-refractivity contribution in [2.24, 2.45) is 5.92 Å². The molecule has 0 unspecified atom stereocenters. The highest BCUT2D eigenvalue weighted by Crippen LogP contribution is 2.24. The van der Waals surface area contributed by atoms with E-state index in [4.69, 9.17) is 0 Å². The first-order valence-electron chi connectivity index (χ1n) is 10.7. The summed E-state index contributed by atoms with van der Waals surface area (Å²) in [7, 11) is -3.49. The monoisotopic (exact) mass is 440 g/mol. The average Bonchev–Trinajstić information content (AvgIpc) is 3.12. The summed E-state index contributed by atoms with van der Waals surface area (Å²) in [6.45, 7) is 4.12. The van der Waals surface area contributed by atoms with Gasteiger partial charge in [0.25, 0.3) is 0 Å². The second-order valence-corrected chi connectivity index (χ2v) is 9.87. The van der Waals surface area contributed by atoms with Gasteiger partial charge in [-0.1, -0.05) is 30.3 Å². The maximum atomic E-state index is 12.7. The Morgan fingerprint density at radius 1 is 1.06 bits per heavy atom. The lowest BCUT2D eigenvalue weighted by atomic mass is 9.97. The van der Waals surface area contributed by atoms with Crippen LogP contribution in [-0.4, -0.2) is 47.8 Å². The first-order chi connectivity index (χ1) is 15.0. The van der Waals surface area contributed by atoms with Crippen LogP contribution >= 0.6 is 0 Å². The number of rotatable bonds is 7. The van der Waals surface area contributed by atoms with Gasteiger partial charge in [0.05, 0.1) is 15.9 Å². The van der Waals surface area contributed by atoms with Gasteiger partial charge in [0.15, 0.2) is 0 Å². The van der Waals surface area contributed by atoms with Crippen molar-refractivity contribution in [2.75, 3.05) is 19.6 Å². The van der Waals surface area contributed by atoms with E-state index in [9.17, 15) is 13.2 Å². The van der Waals surface area contributed by atoms with Gasteiger partial charge in [-0.15, -0.1) is 0 Å². The highest BCUT2D eigenvalue weighted by molar-refractivity contribution is 7.89. The fourth-order valence-electron chi connectivity index (χ4n) is 4.17. The highest BCUT2D eigenvalue weighted by atomic mass is 32.2. The lowest BCUT2D eigenvalue weighted by Gasteiger charge is -2.30. The van der Waals surface area contributed by atoms with Crippen molar-refractivity contribution >= 4 is 27.0 Å². The Morgan fingerprint density at radius 2 is 1.74 bits per heavy atom. The smallest absolute Gasteiger partial charge is 0.243 e. The van der Waals surface area contributed by atoms with Crippen LogP contribution in [0, 0.1) is 12.8 Å². The molecule has 3 aromatic rings. The van der Waals surface area contributed by atoms with Crippen LogP contribution in [0.2, 0.25) is 0 Å². The third-order valence-corrected chi connectivity index (χ3v) is 7.82. The number of nitrogens with zero attached hydrogens (tertiary/aromatic N) is 3. The lowest BCUT2D eigenvalue weighted by Crippen LogP contribution is -2.43. The molecule has 1 aliphatic rings. The van der Waals surface area contributed by atoms with Crippen molar-refractivity contribution in [1.29, 1.82) is 0 Å². The van der Waals surface area contributed by atoms with E-state index in [1.165, 1.54) is 4.31 Å². The van der Waals surface area contributed by atoms with Crippen LogP contribution in [0.15, 0.2) is 59.5 Å². The Bertz CT molecular complexity index is 1150. The van der Waals surface area contributed by atoms with Gasteiger partial charge in [0.1, 0.15) is 5.82 Å². The predicted molar refractivity (Wildman–Crippen MR) is 120 cm³/mol. The van der Waals surface area contributed by atoms with Crippen molar-refractivity contribution in [3.05, 3.63) is 60.4 Å². The second kappa shape index (κ2) is 9.20. The Hall–Kier alpha value is -2.71. The van der Waals surface area contributed by atoms with Crippen LogP contribution in [0.1, 0.15) is 25.1 Å². The molecule has 1 aromatic heterocycles. The van der Waals surface area contributed by atoms with Crippen molar-refractivity contribution in [1.82, 2.24) is 19.2 Å². The Labute approximate surface area is 183 Å². The number of amides is 1. The van der Waals surface area contributed by atoms with E-state index in [0.717, 1.165) is 29.8 Å². The zero-order valence-corrected chi connectivity index (χ0v) is 18.5. The van der Waals surface area contributed by atoms with Crippen molar-refractivity contribution in [3.63, 3.8) is 0 Å². The zero-order chi connectivity index (χ0) is 21.8. The summed E-state index contributed by atoms with van der Waals surface area (Å²) in [6, 6.07) is 16.5. The van der Waals surface area contributed by atoms with E-state index in [2.05, 4.69) is 20.9 Å². The molecule has 7 nitrogen and oxygen atoms in total. The molecule has 0 radical (unpaired) electrons. The minimum atomic E-state index is -3.49. The summed E-state index contributed by atoms with van der Waals surface area (Å²) in [6.07, 6.45) is 1.90. The topological polar surface area (TPSA) is 84.3 Å². The van der Waals surface area contributed by atoms with Crippen LogP contribution in [0.5, 0.6) is 0 Å². The first kappa shape index (κ1) is 21.5. The summed E-state index contributed by atoms with van der Waals surface area (Å²) in [4.78, 5) is 17.4. The van der Waals surface area contributed by atoms with Crippen LogP contribution in [0.3, 0.4) is 0 Å². The molecule has 0 spiro atoms. The molecule has 1 fully saturated rings. The number of benzene rings is 2. The number of carbonyl (C=O) groups is 1. The molecule has 1 saturated heterocycles. The number of para-hydroxylation sites is 2. The Morgan fingerprint density at radius 3 is 2.48 bits per heavy atom. The molecular formula is C23H28N4O3S. The zero-order valence-electron chi connectivity index (χ0n) is 17.7. The van der Waals surface area contributed by atoms with Gasteiger partial charge in [0.2, 0.25) is 15.9 Å². The second-order valence-electron chi connectivity index (χ2n) is 7.94. The minimum absolute atomic E-state index is 0.0176. The number of imidazole rings is 1. The predicted octanol–water partition coefficient (Wildman–Crippen LogP) is 2.95. The fourth-order valence-corrected chi connectivity index (χ4v) is 5.66. The molecular weight excluding hydrogens is 412 g/mol. The van der Waals surface area contributed by atoms with Gasteiger partial charge in [-0.05, 0) is 50.5 Å². The summed E-state index contributed by atoms with van der Waals surface area (Å²) < 4.78 is 29.1. The normalized spacial score (nSPS) is 15.9. The molecule has 31 heavy (non-hydrogen) atoms. The number of fused-ring (bicyclic) bond motifs is 1. The largest absolute Gasteiger partial charge is 0.356 e. The van der Waals surface area contributed by atoms with E-state index < -0.39 is 10.0 Å². The van der Waals surface area contributed by atoms with E-state index >= 15 is 0 Å². The van der Waals surface area contributed by atoms with Crippen molar-refractivity contribution < 1.29 is 13.2 Å². The van der Waals surface area contributed by atoms with E-state index in [1.807, 2.05) is 25.1 Å². The van der Waals surface area contributed by atoms with E-state index in [0.29, 0.717) is 37.4 Å². The molecule has 1 amide bonds. The molecule has 1 aliphatic heterocycles. The van der Waals surface area contributed by atoms with Crippen LogP contribution < -0.4 is 5.32 Å². The maximum absolute atomic E-state index is 12.7. The summed E-state index contributed by atoms with van der Waals surface area (Å²) in [5, 5.41) is 3.03. The summed E-state index contributed by atoms with van der Waals surface area (Å²) in [5.74, 6) is 0.849. The molecule has 0 atom stereocenters. The van der Waals surface area contributed by atoms with Gasteiger partial charge in [-0.25, -0.2) is 13.4 Å². The number of sulfonamides is 1. The number of aromatic nitrogens is 2. The molecule has 0 bridgehead atoms. The number of nitrogens with one attached hydrogen (secondary N) is 1. The Kier molecular flexibility index (Phi) is 6.38. The molecule has 8 heteroatoms. The molecule has 164 valence electrons. The van der Waals surface area contributed by atoms with Gasteiger partial charge >= 0.3 is 0 Å². The van der Waals surface area contributed by atoms with E-state index in [-0.39, 0.29) is 11.8 Å². The Balaban J connectivity index is 1.25. The SMILES string of the molecule is Cc1nc2ccccc2n1CCCNC(=O)C1CCN(S(=O)(=O)c2ccccc2)CC1. The third kappa shape index (κ3) is 4.65. The number of carbonyl (C=O) groups excluding carboxylic acids is 1. The van der Waals surface area contributed by atoms with Crippen molar-refractivity contribution in [3.8, 4) is 0 Å². The number of hydrogen-bond donors (Lipinski definition) is 1. The molecule has 2 heterocycles. The number of hydrogen-bond acceptors (Lipinski definition) is 4. The van der Waals surface area contributed by atoms with Gasteiger partial charge in [-0.3, -0.25) is 4.79 Å². The van der Waals surface area contributed by atoms with Crippen LogP contribution in [-0.2, 0) is 21.4 Å². The number of piperidine rings is 1. The molecule has 2 aromatic carbocycles. The van der Waals surface area contributed by atoms with Crippen LogP contribution in [0.25, 0.3) is 11.0 Å². The maximum Gasteiger partial charge on any atom is 0.243 e. The summed E-state index contributed by atoms with van der Waals surface area (Å²) in [5.41, 5.74) is 2.10. The lowest BCUT2D eigenvalue weighted by molar-refractivity contribution is -0.126. The molecule has 1 N–H and O–H groups in total. The standard InChI is InChI=1S/C23H28N4O3S/c1-18-25-21-10-5-6-11-22(21)27(18)15-7-14-24-23(28)19-12-16-26(17-13-19)31(29,30)20-8-3-2-4-9-20/h2-6,8-11,19H,7,12-17H2,1H3,(H,24,28). The van der Waals surface area contributed by atoms with Crippen LogP contribution in [0.4, 0.5) is 0 Å².